The molecule has 13 heteroatoms. The molecular weight excluding hydrogens is 597 g/mol. The minimum atomic E-state index is -4.17. The van der Waals surface area contributed by atoms with Crippen molar-refractivity contribution in [1.29, 1.82) is 0 Å². The van der Waals surface area contributed by atoms with Crippen molar-refractivity contribution >= 4 is 69.8 Å². The molecule has 0 saturated heterocycles. The van der Waals surface area contributed by atoms with Crippen LogP contribution in [0.5, 0.6) is 0 Å². The van der Waals surface area contributed by atoms with E-state index in [1.54, 1.807) is 14.1 Å². The average molecular weight is 653 g/mol. The van der Waals surface area contributed by atoms with Crippen molar-refractivity contribution in [3.63, 3.8) is 0 Å². The molecule has 2 amide bonds. The van der Waals surface area contributed by atoms with Crippen LogP contribution in [0.25, 0.3) is 0 Å². The molecule has 0 unspecified atom stereocenters. The van der Waals surface area contributed by atoms with Gasteiger partial charge in [-0.1, -0.05) is 90.9 Å². The van der Waals surface area contributed by atoms with Gasteiger partial charge in [-0.15, -0.1) is 0 Å². The molecule has 0 rings (SSSR count). The molecule has 0 aromatic carbocycles. The fraction of sp³-hybridized carbons (Fsp3) is 0.929. The summed E-state index contributed by atoms with van der Waals surface area (Å²) >= 11 is 0. The van der Waals surface area contributed by atoms with Crippen molar-refractivity contribution in [2.24, 2.45) is 0 Å². The average Bonchev–Trinajstić information content (AvgIpc) is 2.86. The number of nitrogens with zero attached hydrogens (tertiary/aromatic N) is 2. The Bertz CT molecular complexity index is 785. The van der Waals surface area contributed by atoms with E-state index < -0.39 is 31.7 Å². The summed E-state index contributed by atoms with van der Waals surface area (Å²) in [5, 5.41) is 0. The summed E-state index contributed by atoms with van der Waals surface area (Å²) in [7, 11) is -5.02. The molecule has 0 N–H and O–H groups in total. The Kier molecular flexibility index (Phi) is 31.9. The van der Waals surface area contributed by atoms with Gasteiger partial charge in [-0.25, -0.2) is 16.8 Å². The summed E-state index contributed by atoms with van der Waals surface area (Å²) in [4.78, 5) is 26.5. The number of rotatable bonds is 24. The molecule has 0 radical (unpaired) electrons. The fourth-order valence-corrected chi connectivity index (χ4v) is 5.02. The van der Waals surface area contributed by atoms with Crippen LogP contribution in [0.1, 0.15) is 129 Å². The van der Waals surface area contributed by atoms with E-state index in [1.807, 2.05) is 0 Å². The third kappa shape index (κ3) is 36.1. The fourth-order valence-electron chi connectivity index (χ4n) is 4.05. The van der Waals surface area contributed by atoms with Crippen LogP contribution in [-0.4, -0.2) is 124 Å². The smallest absolute Gasteiger partial charge is 0.748 e. The van der Waals surface area contributed by atoms with Gasteiger partial charge >= 0.3 is 37.7 Å². The normalized spacial score (nSPS) is 11.3. The molecule has 0 aromatic heterocycles. The number of unbranched alkanes of at least 4 members (excludes halogenated alkanes) is 12. The molecule has 0 saturated carbocycles. The van der Waals surface area contributed by atoms with Gasteiger partial charge in [0.25, 0.3) is 0 Å². The van der Waals surface area contributed by atoms with Crippen LogP contribution in [0.2, 0.25) is 0 Å². The second-order valence-corrected chi connectivity index (χ2v) is 13.7. The van der Waals surface area contributed by atoms with Gasteiger partial charge in [0.05, 0.1) is 20.2 Å². The molecule has 0 aliphatic rings. The zero-order chi connectivity index (χ0) is 30.9. The Morgan fingerprint density at radius 1 is 0.512 bits per heavy atom. The molecule has 0 aliphatic carbocycles. The van der Waals surface area contributed by atoms with E-state index in [4.69, 9.17) is 0 Å². The first-order valence-electron chi connectivity index (χ1n) is 15.1. The van der Waals surface area contributed by atoms with Crippen LogP contribution in [0.4, 0.5) is 0 Å². The van der Waals surface area contributed by atoms with E-state index in [2.05, 4.69) is 13.8 Å². The first-order chi connectivity index (χ1) is 18.7. The first kappa shape index (κ1) is 45.4. The van der Waals surface area contributed by atoms with Crippen molar-refractivity contribution in [3.8, 4) is 0 Å². The molecule has 0 heterocycles. The Balaban J connectivity index is -0.000000688. The van der Waals surface area contributed by atoms with E-state index in [0.717, 1.165) is 25.7 Å². The minimum Gasteiger partial charge on any atom is -0.748 e. The van der Waals surface area contributed by atoms with Crippen LogP contribution in [0.15, 0.2) is 0 Å². The summed E-state index contributed by atoms with van der Waals surface area (Å²) in [6.45, 7) is 5.03. The molecule has 10 nitrogen and oxygen atoms in total. The van der Waals surface area contributed by atoms with Gasteiger partial charge in [0.2, 0.25) is 11.8 Å². The van der Waals surface area contributed by atoms with Gasteiger partial charge in [-0.3, -0.25) is 9.59 Å². The summed E-state index contributed by atoms with van der Waals surface area (Å²) in [5.41, 5.74) is 0. The Morgan fingerprint density at radius 2 is 0.780 bits per heavy atom. The first-order valence-corrected chi connectivity index (χ1v) is 18.2. The van der Waals surface area contributed by atoms with Crippen molar-refractivity contribution in [2.75, 3.05) is 38.7 Å². The number of amides is 2. The minimum absolute atomic E-state index is 0. The second kappa shape index (κ2) is 28.8. The summed E-state index contributed by atoms with van der Waals surface area (Å²) < 4.78 is 62.7. The number of carbonyl (C=O) groups is 2. The third-order valence-corrected chi connectivity index (χ3v) is 8.19. The Labute approximate surface area is 281 Å². The van der Waals surface area contributed by atoms with E-state index in [9.17, 15) is 35.5 Å². The van der Waals surface area contributed by atoms with Crippen molar-refractivity contribution in [3.05, 3.63) is 0 Å². The Morgan fingerprint density at radius 3 is 1.05 bits per heavy atom. The topological polar surface area (TPSA) is 155 Å². The van der Waals surface area contributed by atoms with E-state index in [0.29, 0.717) is 25.9 Å². The van der Waals surface area contributed by atoms with Gasteiger partial charge < -0.3 is 18.9 Å². The number of hydrogen-bond acceptors (Lipinski definition) is 8. The van der Waals surface area contributed by atoms with Crippen LogP contribution in [-0.2, 0) is 29.8 Å². The molecule has 0 bridgehead atoms. The standard InChI is InChI=1S/2C14H29NO4S.Ca/c2*1-3-4-5-6-7-8-9-11-14(16)15(2)12-10-13-20(17,18)19;/h2*3-13H2,1-2H3,(H,17,18,19);/q;;+2/p-2. The van der Waals surface area contributed by atoms with Crippen LogP contribution in [0.3, 0.4) is 0 Å². The molecule has 0 spiro atoms. The molecule has 240 valence electrons. The maximum absolute atomic E-state index is 11.7. The molecule has 0 atom stereocenters. The number of hydrogen-bond donors (Lipinski definition) is 0. The maximum atomic E-state index is 11.7. The summed E-state index contributed by atoms with van der Waals surface area (Å²) in [5.74, 6) is -0.742. The van der Waals surface area contributed by atoms with Gasteiger partial charge in [0, 0.05) is 51.5 Å². The molecule has 0 aromatic rings. The van der Waals surface area contributed by atoms with E-state index in [-0.39, 0.29) is 62.4 Å². The maximum Gasteiger partial charge on any atom is 2.00 e. The van der Waals surface area contributed by atoms with Crippen LogP contribution >= 0.6 is 0 Å². The summed E-state index contributed by atoms with van der Waals surface area (Å²) in [6.07, 6.45) is 17.7. The molecular formula is C28H56CaN2O8S2. The van der Waals surface area contributed by atoms with E-state index in [1.165, 1.54) is 74.0 Å². The van der Waals surface area contributed by atoms with Crippen LogP contribution < -0.4 is 0 Å². The van der Waals surface area contributed by atoms with Crippen molar-refractivity contribution < 1.29 is 35.5 Å². The predicted octanol–water partition coefficient (Wildman–Crippen LogP) is 4.66. The molecule has 41 heavy (non-hydrogen) atoms. The zero-order valence-electron chi connectivity index (χ0n) is 26.2. The number of carbonyl (C=O) groups excluding carboxylic acids is 2. The monoisotopic (exact) mass is 652 g/mol. The quantitative estimate of drug-likeness (QED) is 0.0828. The van der Waals surface area contributed by atoms with Crippen LogP contribution in [0, 0.1) is 0 Å². The third-order valence-electron chi connectivity index (χ3n) is 6.62. The van der Waals surface area contributed by atoms with Gasteiger partial charge in [-0.2, -0.15) is 0 Å². The van der Waals surface area contributed by atoms with E-state index >= 15 is 0 Å². The zero-order valence-corrected chi connectivity index (χ0v) is 30.1. The second-order valence-electron chi connectivity index (χ2n) is 10.6. The van der Waals surface area contributed by atoms with Gasteiger partial charge in [-0.05, 0) is 25.7 Å². The van der Waals surface area contributed by atoms with Crippen molar-refractivity contribution in [2.45, 2.75) is 129 Å². The Hall–Kier alpha value is 0.0197. The summed E-state index contributed by atoms with van der Waals surface area (Å²) in [6, 6.07) is 0. The van der Waals surface area contributed by atoms with Gasteiger partial charge in [0.1, 0.15) is 0 Å². The van der Waals surface area contributed by atoms with Crippen molar-refractivity contribution in [1.82, 2.24) is 9.80 Å². The molecule has 0 fully saturated rings. The largest absolute Gasteiger partial charge is 2.00 e. The van der Waals surface area contributed by atoms with Gasteiger partial charge in [0.15, 0.2) is 0 Å². The predicted molar refractivity (Wildman–Crippen MR) is 165 cm³/mol. The molecule has 0 aliphatic heterocycles. The SMILES string of the molecule is CCCCCCCCCC(=O)N(C)CCCS(=O)(=O)[O-].CCCCCCCCCC(=O)N(C)CCCS(=O)(=O)[O-].[Ca+2].